The summed E-state index contributed by atoms with van der Waals surface area (Å²) in [6.07, 6.45) is -5.57. The summed E-state index contributed by atoms with van der Waals surface area (Å²) in [6, 6.07) is 0.878. The highest BCUT2D eigenvalue weighted by Gasteiger charge is 2.42. The largest absolute Gasteiger partial charge is 0.471 e. The van der Waals surface area contributed by atoms with Gasteiger partial charge in [-0.05, 0) is 17.0 Å². The van der Waals surface area contributed by atoms with Crippen LogP contribution in [-0.2, 0) is 4.79 Å². The molecule has 0 unspecified atom stereocenters. The van der Waals surface area contributed by atoms with E-state index in [0.717, 1.165) is 0 Å². The maximum atomic E-state index is 12.0. The zero-order valence-corrected chi connectivity index (χ0v) is 8.73. The summed E-state index contributed by atoms with van der Waals surface area (Å²) in [5, 5.41) is 13.1. The number of fused-ring (bicyclic) bond motifs is 1. The minimum Gasteiger partial charge on any atom is -0.387 e. The van der Waals surface area contributed by atoms with Crippen molar-refractivity contribution in [3.8, 4) is 0 Å². The van der Waals surface area contributed by atoms with Crippen LogP contribution in [0, 0.1) is 0 Å². The number of hydrogen-bond donors (Lipinski definition) is 2. The zero-order chi connectivity index (χ0) is 11.9. The summed E-state index contributed by atoms with van der Waals surface area (Å²) in [4.78, 5) is 11.4. The molecule has 0 radical (unpaired) electrons. The van der Waals surface area contributed by atoms with Gasteiger partial charge in [-0.2, -0.15) is 13.2 Å². The molecule has 2 atom stereocenters. The van der Waals surface area contributed by atoms with Crippen LogP contribution in [0.3, 0.4) is 0 Å². The molecule has 1 heterocycles. The molecule has 0 saturated carbocycles. The molecule has 3 nitrogen and oxygen atoms in total. The van der Waals surface area contributed by atoms with E-state index >= 15 is 0 Å². The topological polar surface area (TPSA) is 49.3 Å². The van der Waals surface area contributed by atoms with Crippen molar-refractivity contribution in [3.05, 3.63) is 21.9 Å². The highest BCUT2D eigenvalue weighted by molar-refractivity contribution is 7.10. The Morgan fingerprint density at radius 1 is 1.56 bits per heavy atom. The zero-order valence-electron chi connectivity index (χ0n) is 7.91. The van der Waals surface area contributed by atoms with Gasteiger partial charge in [-0.25, -0.2) is 0 Å². The second-order valence-corrected chi connectivity index (χ2v) is 4.46. The lowest BCUT2D eigenvalue weighted by molar-refractivity contribution is -0.174. The van der Waals surface area contributed by atoms with Gasteiger partial charge in [-0.3, -0.25) is 4.79 Å². The number of carbonyl (C=O) groups excluding carboxylic acids is 1. The van der Waals surface area contributed by atoms with Crippen molar-refractivity contribution >= 4 is 17.2 Å². The van der Waals surface area contributed by atoms with Crippen LogP contribution in [0.15, 0.2) is 11.4 Å². The number of aliphatic hydroxyl groups is 1. The highest BCUT2D eigenvalue weighted by atomic mass is 32.1. The van der Waals surface area contributed by atoms with E-state index in [1.807, 2.05) is 5.32 Å². The predicted molar refractivity (Wildman–Crippen MR) is 50.8 cm³/mol. The van der Waals surface area contributed by atoms with Gasteiger partial charge >= 0.3 is 12.1 Å². The maximum absolute atomic E-state index is 12.0. The van der Waals surface area contributed by atoms with Crippen LogP contribution in [-0.4, -0.2) is 17.2 Å². The van der Waals surface area contributed by atoms with Crippen LogP contribution in [0.1, 0.15) is 29.0 Å². The van der Waals surface area contributed by atoms with E-state index in [0.29, 0.717) is 10.4 Å². The van der Waals surface area contributed by atoms with E-state index in [1.165, 1.54) is 11.3 Å². The number of halogens is 3. The Hall–Kier alpha value is -1.08. The summed E-state index contributed by atoms with van der Waals surface area (Å²) < 4.78 is 36.1. The molecule has 16 heavy (non-hydrogen) atoms. The normalized spacial score (nSPS) is 24.2. The van der Waals surface area contributed by atoms with Gasteiger partial charge in [0.15, 0.2) is 0 Å². The number of thiophene rings is 1. The van der Waals surface area contributed by atoms with Crippen molar-refractivity contribution in [3.63, 3.8) is 0 Å². The third-order valence-electron chi connectivity index (χ3n) is 2.43. The molecular formula is C9H8F3NO2S. The fourth-order valence-electron chi connectivity index (χ4n) is 1.72. The fraction of sp³-hybridized carbons (Fsp3) is 0.444. The van der Waals surface area contributed by atoms with Gasteiger partial charge in [0, 0.05) is 11.3 Å². The molecule has 1 aromatic rings. The van der Waals surface area contributed by atoms with Crippen molar-refractivity contribution in [2.75, 3.05) is 0 Å². The smallest absolute Gasteiger partial charge is 0.387 e. The van der Waals surface area contributed by atoms with E-state index in [2.05, 4.69) is 0 Å². The third-order valence-corrected chi connectivity index (χ3v) is 3.46. The number of rotatable bonds is 1. The summed E-state index contributed by atoms with van der Waals surface area (Å²) in [6.45, 7) is 0. The van der Waals surface area contributed by atoms with Crippen LogP contribution in [0.2, 0.25) is 0 Å². The average molecular weight is 251 g/mol. The lowest BCUT2D eigenvalue weighted by Gasteiger charge is -2.14. The van der Waals surface area contributed by atoms with E-state index in [4.69, 9.17) is 0 Å². The first-order valence-electron chi connectivity index (χ1n) is 4.52. The second kappa shape index (κ2) is 3.74. The molecule has 0 spiro atoms. The van der Waals surface area contributed by atoms with Crippen LogP contribution < -0.4 is 5.32 Å². The monoisotopic (exact) mass is 251 g/mol. The number of alkyl halides is 3. The molecular weight excluding hydrogens is 243 g/mol. The molecule has 0 aliphatic heterocycles. The number of carbonyl (C=O) groups is 1. The number of amides is 1. The summed E-state index contributed by atoms with van der Waals surface area (Å²) in [7, 11) is 0. The minimum absolute atomic E-state index is 0.101. The molecule has 1 amide bonds. The average Bonchev–Trinajstić information content (AvgIpc) is 2.70. The molecule has 0 aromatic carbocycles. The molecule has 0 fully saturated rings. The molecule has 1 aromatic heterocycles. The molecule has 2 N–H and O–H groups in total. The highest BCUT2D eigenvalue weighted by Crippen LogP contribution is 2.42. The summed E-state index contributed by atoms with van der Waals surface area (Å²) >= 11 is 1.28. The number of hydrogen-bond acceptors (Lipinski definition) is 3. The van der Waals surface area contributed by atoms with Crippen LogP contribution in [0.4, 0.5) is 13.2 Å². The molecule has 0 bridgehead atoms. The van der Waals surface area contributed by atoms with Crippen molar-refractivity contribution in [1.82, 2.24) is 5.32 Å². The van der Waals surface area contributed by atoms with Gasteiger partial charge in [0.1, 0.15) is 0 Å². The SMILES string of the molecule is O=C(N[C@H]1C[C@H](O)c2sccc21)C(F)(F)F. The minimum atomic E-state index is -4.89. The molecule has 0 saturated heterocycles. The van der Waals surface area contributed by atoms with E-state index < -0.39 is 24.2 Å². The van der Waals surface area contributed by atoms with Crippen LogP contribution in [0.5, 0.6) is 0 Å². The van der Waals surface area contributed by atoms with Gasteiger partial charge in [0.2, 0.25) is 0 Å². The Morgan fingerprint density at radius 3 is 2.88 bits per heavy atom. The Morgan fingerprint density at radius 2 is 2.25 bits per heavy atom. The van der Waals surface area contributed by atoms with Gasteiger partial charge < -0.3 is 10.4 Å². The quantitative estimate of drug-likeness (QED) is 0.801. The Kier molecular flexibility index (Phi) is 2.67. The standard InChI is InChI=1S/C9H8F3NO2S/c10-9(11,12)8(15)13-5-3-6(14)7-4(5)1-2-16-7/h1-2,5-6,14H,3H2,(H,13,15)/t5-,6-/m0/s1. The summed E-state index contributed by atoms with van der Waals surface area (Å²) in [5.74, 6) is -1.97. The van der Waals surface area contributed by atoms with Gasteiger partial charge in [0.25, 0.3) is 0 Å². The van der Waals surface area contributed by atoms with E-state index in [1.54, 1.807) is 11.4 Å². The lowest BCUT2D eigenvalue weighted by atomic mass is 10.2. The lowest BCUT2D eigenvalue weighted by Crippen LogP contribution is -2.38. The predicted octanol–water partition coefficient (Wildman–Crippen LogP) is 1.90. The van der Waals surface area contributed by atoms with Crippen molar-refractivity contribution in [1.29, 1.82) is 0 Å². The van der Waals surface area contributed by atoms with Gasteiger partial charge in [-0.15, -0.1) is 11.3 Å². The first-order chi connectivity index (χ1) is 7.39. The van der Waals surface area contributed by atoms with Gasteiger partial charge in [-0.1, -0.05) is 0 Å². The van der Waals surface area contributed by atoms with Crippen LogP contribution >= 0.6 is 11.3 Å². The molecule has 1 aliphatic carbocycles. The molecule has 2 rings (SSSR count). The Balaban J connectivity index is 2.12. The van der Waals surface area contributed by atoms with Crippen molar-refractivity contribution in [2.45, 2.75) is 24.7 Å². The number of nitrogens with one attached hydrogen (secondary N) is 1. The first-order valence-corrected chi connectivity index (χ1v) is 5.40. The van der Waals surface area contributed by atoms with E-state index in [-0.39, 0.29) is 6.42 Å². The second-order valence-electron chi connectivity index (χ2n) is 3.52. The van der Waals surface area contributed by atoms with Crippen molar-refractivity contribution in [2.24, 2.45) is 0 Å². The third kappa shape index (κ3) is 1.92. The first kappa shape index (κ1) is 11.4. The maximum Gasteiger partial charge on any atom is 0.471 e. The molecule has 88 valence electrons. The van der Waals surface area contributed by atoms with Crippen LogP contribution in [0.25, 0.3) is 0 Å². The molecule has 7 heteroatoms. The molecule has 1 aliphatic rings. The Labute approximate surface area is 92.9 Å². The fourth-order valence-corrected chi connectivity index (χ4v) is 2.68. The Bertz CT molecular complexity index is 415. The number of aliphatic hydroxyl groups excluding tert-OH is 1. The van der Waals surface area contributed by atoms with Gasteiger partial charge in [0.05, 0.1) is 12.1 Å². The summed E-state index contributed by atoms with van der Waals surface area (Å²) in [5.41, 5.74) is 0.579. The van der Waals surface area contributed by atoms with Crippen molar-refractivity contribution < 1.29 is 23.1 Å². The van der Waals surface area contributed by atoms with E-state index in [9.17, 15) is 23.1 Å².